The maximum Gasteiger partial charge on any atom is 0.327 e. The molecule has 0 saturated carbocycles. The molecule has 2 N–H and O–H groups in total. The quantitative estimate of drug-likeness (QED) is 0.877. The molecular weight excluding hydrogens is 290 g/mol. The Labute approximate surface area is 126 Å². The number of thioether (sulfide) groups is 1. The number of nitrogens with zero attached hydrogens (tertiary/aromatic N) is 2. The van der Waals surface area contributed by atoms with E-state index in [1.54, 1.807) is 18.2 Å². The van der Waals surface area contributed by atoms with Crippen LogP contribution in [0, 0.1) is 11.3 Å². The summed E-state index contributed by atoms with van der Waals surface area (Å²) in [4.78, 5) is 24.6. The van der Waals surface area contributed by atoms with E-state index in [1.807, 2.05) is 12.1 Å². The summed E-state index contributed by atoms with van der Waals surface area (Å²) in [5.41, 5.74) is 1.33. The third-order valence-corrected chi connectivity index (χ3v) is 4.20. The third kappa shape index (κ3) is 3.89. The first-order chi connectivity index (χ1) is 10.1. The second kappa shape index (κ2) is 6.99. The first-order valence-corrected chi connectivity index (χ1v) is 7.61. The fourth-order valence-corrected chi connectivity index (χ4v) is 3.12. The Morgan fingerprint density at radius 1 is 1.52 bits per heavy atom. The lowest BCUT2D eigenvalue weighted by Gasteiger charge is -2.32. The average Bonchev–Trinajstić information content (AvgIpc) is 2.52. The number of carbonyl (C=O) groups excluding carboxylic acids is 1. The largest absolute Gasteiger partial charge is 0.480 e. The fourth-order valence-electron chi connectivity index (χ4n) is 2.08. The molecule has 0 radical (unpaired) electrons. The standard InChI is InChI=1S/C14H15N3O3S/c15-7-10-2-1-3-11(6-10)8-16-14(20)17-4-5-21-9-12(17)13(18)19/h1-3,6,12H,4-5,8-9H2,(H,16,20)(H,18,19). The van der Waals surface area contributed by atoms with Gasteiger partial charge in [0, 0.05) is 24.6 Å². The number of nitriles is 1. The molecular formula is C14H15N3O3S. The monoisotopic (exact) mass is 305 g/mol. The van der Waals surface area contributed by atoms with Crippen molar-refractivity contribution in [3.8, 4) is 6.07 Å². The van der Waals surface area contributed by atoms with Gasteiger partial charge in [0.2, 0.25) is 0 Å². The molecule has 110 valence electrons. The Morgan fingerprint density at radius 2 is 2.33 bits per heavy atom. The molecule has 1 aliphatic heterocycles. The van der Waals surface area contributed by atoms with Gasteiger partial charge in [-0.3, -0.25) is 0 Å². The summed E-state index contributed by atoms with van der Waals surface area (Å²) in [6, 6.07) is 7.81. The molecule has 6 nitrogen and oxygen atoms in total. The number of nitrogens with one attached hydrogen (secondary N) is 1. The molecule has 1 heterocycles. The van der Waals surface area contributed by atoms with Crippen molar-refractivity contribution in [1.82, 2.24) is 10.2 Å². The van der Waals surface area contributed by atoms with Crippen LogP contribution in [0.2, 0.25) is 0 Å². The molecule has 2 rings (SSSR count). The predicted octanol–water partition coefficient (Wildman–Crippen LogP) is 1.27. The highest BCUT2D eigenvalue weighted by molar-refractivity contribution is 7.99. The van der Waals surface area contributed by atoms with E-state index in [1.165, 1.54) is 16.7 Å². The molecule has 0 aromatic heterocycles. The van der Waals surface area contributed by atoms with Gasteiger partial charge in [0.1, 0.15) is 6.04 Å². The maximum absolute atomic E-state index is 12.1. The topological polar surface area (TPSA) is 93.4 Å². The minimum Gasteiger partial charge on any atom is -0.480 e. The van der Waals surface area contributed by atoms with Crippen LogP contribution >= 0.6 is 11.8 Å². The van der Waals surface area contributed by atoms with Crippen molar-refractivity contribution in [3.63, 3.8) is 0 Å². The number of rotatable bonds is 3. The van der Waals surface area contributed by atoms with Crippen molar-refractivity contribution in [2.24, 2.45) is 0 Å². The molecule has 7 heteroatoms. The lowest BCUT2D eigenvalue weighted by atomic mass is 10.1. The summed E-state index contributed by atoms with van der Waals surface area (Å²) < 4.78 is 0. The zero-order valence-corrected chi connectivity index (χ0v) is 12.1. The van der Waals surface area contributed by atoms with Crippen LogP contribution in [0.15, 0.2) is 24.3 Å². The van der Waals surface area contributed by atoms with E-state index in [0.29, 0.717) is 17.9 Å². The van der Waals surface area contributed by atoms with Gasteiger partial charge in [-0.15, -0.1) is 0 Å². The highest BCUT2D eigenvalue weighted by Crippen LogP contribution is 2.17. The molecule has 1 saturated heterocycles. The van der Waals surface area contributed by atoms with Crippen molar-refractivity contribution in [1.29, 1.82) is 5.26 Å². The fraction of sp³-hybridized carbons (Fsp3) is 0.357. The molecule has 1 aromatic rings. The first-order valence-electron chi connectivity index (χ1n) is 6.46. The van der Waals surface area contributed by atoms with Crippen molar-refractivity contribution in [2.45, 2.75) is 12.6 Å². The van der Waals surface area contributed by atoms with Crippen LogP contribution in [-0.4, -0.2) is 46.1 Å². The van der Waals surface area contributed by atoms with E-state index in [4.69, 9.17) is 10.4 Å². The van der Waals surface area contributed by atoms with Crippen molar-refractivity contribution in [3.05, 3.63) is 35.4 Å². The molecule has 1 atom stereocenters. The summed E-state index contributed by atoms with van der Waals surface area (Å²) in [6.45, 7) is 0.691. The Bertz CT molecular complexity index is 585. The van der Waals surface area contributed by atoms with Gasteiger partial charge < -0.3 is 15.3 Å². The van der Waals surface area contributed by atoms with Gasteiger partial charge in [0.15, 0.2) is 0 Å². The van der Waals surface area contributed by atoms with Crippen molar-refractivity contribution >= 4 is 23.8 Å². The summed E-state index contributed by atoms with van der Waals surface area (Å²) in [7, 11) is 0. The molecule has 0 spiro atoms. The number of aliphatic carboxylic acids is 1. The SMILES string of the molecule is N#Cc1cccc(CNC(=O)N2CCSCC2C(=O)O)c1. The van der Waals surface area contributed by atoms with Crippen LogP contribution < -0.4 is 5.32 Å². The van der Waals surface area contributed by atoms with Crippen LogP contribution in [0.4, 0.5) is 4.79 Å². The minimum atomic E-state index is -0.983. The molecule has 1 unspecified atom stereocenters. The smallest absolute Gasteiger partial charge is 0.327 e. The van der Waals surface area contributed by atoms with Gasteiger partial charge in [-0.1, -0.05) is 12.1 Å². The number of hydrogen-bond donors (Lipinski definition) is 2. The number of amides is 2. The third-order valence-electron chi connectivity index (χ3n) is 3.17. The molecule has 2 amide bonds. The van der Waals surface area contributed by atoms with Crippen molar-refractivity contribution in [2.75, 3.05) is 18.1 Å². The Balaban J connectivity index is 1.97. The Kier molecular flexibility index (Phi) is 5.06. The minimum absolute atomic E-state index is 0.268. The summed E-state index contributed by atoms with van der Waals surface area (Å²) in [6.07, 6.45) is 0. The normalized spacial score (nSPS) is 17.9. The van der Waals surface area contributed by atoms with Crippen LogP contribution in [0.5, 0.6) is 0 Å². The van der Waals surface area contributed by atoms with E-state index in [0.717, 1.165) is 11.3 Å². The number of carbonyl (C=O) groups is 2. The number of benzene rings is 1. The molecule has 1 aromatic carbocycles. The Morgan fingerprint density at radius 3 is 3.05 bits per heavy atom. The maximum atomic E-state index is 12.1. The Hall–Kier alpha value is -2.20. The second-order valence-electron chi connectivity index (χ2n) is 4.59. The highest BCUT2D eigenvalue weighted by Gasteiger charge is 2.32. The number of urea groups is 1. The number of carboxylic acid groups (broad SMARTS) is 1. The molecule has 1 fully saturated rings. The highest BCUT2D eigenvalue weighted by atomic mass is 32.2. The average molecular weight is 305 g/mol. The number of carboxylic acids is 1. The van der Waals surface area contributed by atoms with Gasteiger partial charge >= 0.3 is 12.0 Å². The summed E-state index contributed by atoms with van der Waals surface area (Å²) in [5.74, 6) is 0.164. The van der Waals surface area contributed by atoms with Crippen LogP contribution in [0.1, 0.15) is 11.1 Å². The molecule has 0 aliphatic carbocycles. The van der Waals surface area contributed by atoms with Crippen LogP contribution in [0.3, 0.4) is 0 Å². The summed E-state index contributed by atoms with van der Waals surface area (Å²) in [5, 5.41) is 20.7. The van der Waals surface area contributed by atoms with Gasteiger partial charge in [-0.25, -0.2) is 9.59 Å². The van der Waals surface area contributed by atoms with Gasteiger partial charge in [-0.2, -0.15) is 17.0 Å². The number of hydrogen-bond acceptors (Lipinski definition) is 4. The van der Waals surface area contributed by atoms with E-state index >= 15 is 0 Å². The molecule has 1 aliphatic rings. The van der Waals surface area contributed by atoms with E-state index < -0.39 is 12.0 Å². The van der Waals surface area contributed by atoms with E-state index in [9.17, 15) is 9.59 Å². The molecule has 21 heavy (non-hydrogen) atoms. The van der Waals surface area contributed by atoms with Gasteiger partial charge in [0.05, 0.1) is 11.6 Å². The zero-order valence-electron chi connectivity index (χ0n) is 11.3. The lowest BCUT2D eigenvalue weighted by Crippen LogP contribution is -2.53. The zero-order chi connectivity index (χ0) is 15.2. The predicted molar refractivity (Wildman–Crippen MR) is 78.8 cm³/mol. The van der Waals surface area contributed by atoms with E-state index in [2.05, 4.69) is 5.32 Å². The lowest BCUT2D eigenvalue weighted by molar-refractivity contribution is -0.141. The van der Waals surface area contributed by atoms with Gasteiger partial charge in [0.25, 0.3) is 0 Å². The second-order valence-corrected chi connectivity index (χ2v) is 5.74. The molecule has 0 bridgehead atoms. The van der Waals surface area contributed by atoms with Crippen molar-refractivity contribution < 1.29 is 14.7 Å². The van der Waals surface area contributed by atoms with Crippen LogP contribution in [-0.2, 0) is 11.3 Å². The first kappa shape index (κ1) is 15.2. The summed E-state index contributed by atoms with van der Waals surface area (Å²) >= 11 is 1.53. The van der Waals surface area contributed by atoms with Crippen LogP contribution in [0.25, 0.3) is 0 Å². The van der Waals surface area contributed by atoms with E-state index in [-0.39, 0.29) is 12.6 Å². The van der Waals surface area contributed by atoms with Gasteiger partial charge in [-0.05, 0) is 17.7 Å².